The number of nitrogens with one attached hydrogen (secondary N) is 2. The first-order chi connectivity index (χ1) is 6.83. The Labute approximate surface area is 86.6 Å². The van der Waals surface area contributed by atoms with Crippen LogP contribution in [0.4, 0.5) is 0 Å². The molecule has 0 unspecified atom stereocenters. The highest BCUT2D eigenvalue weighted by molar-refractivity contribution is 5.76. The van der Waals surface area contributed by atoms with E-state index in [1.807, 2.05) is 7.05 Å². The summed E-state index contributed by atoms with van der Waals surface area (Å²) in [7, 11) is 1.87. The Morgan fingerprint density at radius 3 is 2.43 bits per heavy atom. The van der Waals surface area contributed by atoms with Crippen LogP contribution in [-0.2, 0) is 4.79 Å². The summed E-state index contributed by atoms with van der Waals surface area (Å²) in [5.74, 6) is 0.200. The monoisotopic (exact) mass is 198 g/mol. The Kier molecular flexibility index (Phi) is 5.60. The predicted molar refractivity (Wildman–Crippen MR) is 58.2 cm³/mol. The van der Waals surface area contributed by atoms with Gasteiger partial charge in [-0.15, -0.1) is 0 Å². The Morgan fingerprint density at radius 2 is 1.86 bits per heavy atom. The molecule has 0 saturated heterocycles. The SMILES string of the molecule is CNCCC(=O)NC1CCCCCC1. The molecule has 0 aliphatic heterocycles. The summed E-state index contributed by atoms with van der Waals surface area (Å²) >= 11 is 0. The molecule has 1 aliphatic carbocycles. The van der Waals surface area contributed by atoms with Gasteiger partial charge in [-0.2, -0.15) is 0 Å². The lowest BCUT2D eigenvalue weighted by Crippen LogP contribution is -2.35. The van der Waals surface area contributed by atoms with Crippen molar-refractivity contribution in [2.75, 3.05) is 13.6 Å². The van der Waals surface area contributed by atoms with Crippen LogP contribution >= 0.6 is 0 Å². The van der Waals surface area contributed by atoms with Gasteiger partial charge in [0.05, 0.1) is 0 Å². The quantitative estimate of drug-likeness (QED) is 0.671. The largest absolute Gasteiger partial charge is 0.353 e. The van der Waals surface area contributed by atoms with Gasteiger partial charge in [-0.1, -0.05) is 25.7 Å². The second kappa shape index (κ2) is 6.82. The first-order valence-corrected chi connectivity index (χ1v) is 5.77. The molecule has 1 amide bonds. The lowest BCUT2D eigenvalue weighted by atomic mass is 10.1. The van der Waals surface area contributed by atoms with Crippen molar-refractivity contribution in [3.05, 3.63) is 0 Å². The van der Waals surface area contributed by atoms with Crippen molar-refractivity contribution in [2.24, 2.45) is 0 Å². The molecule has 0 aromatic rings. The fraction of sp³-hybridized carbons (Fsp3) is 0.909. The van der Waals surface area contributed by atoms with E-state index in [4.69, 9.17) is 0 Å². The molecule has 82 valence electrons. The number of carbonyl (C=O) groups is 1. The van der Waals surface area contributed by atoms with Crippen LogP contribution in [0.5, 0.6) is 0 Å². The van der Waals surface area contributed by atoms with E-state index in [1.54, 1.807) is 0 Å². The Balaban J connectivity index is 2.17. The summed E-state index contributed by atoms with van der Waals surface area (Å²) in [6.45, 7) is 0.776. The molecular formula is C11H22N2O. The molecule has 0 spiro atoms. The summed E-state index contributed by atoms with van der Waals surface area (Å²) in [6, 6.07) is 0.446. The maximum Gasteiger partial charge on any atom is 0.221 e. The summed E-state index contributed by atoms with van der Waals surface area (Å²) in [5, 5.41) is 6.10. The van der Waals surface area contributed by atoms with Crippen LogP contribution in [0, 0.1) is 0 Å². The highest BCUT2D eigenvalue weighted by Gasteiger charge is 2.13. The third kappa shape index (κ3) is 4.61. The van der Waals surface area contributed by atoms with Gasteiger partial charge in [-0.3, -0.25) is 4.79 Å². The average Bonchev–Trinajstić information content (AvgIpc) is 2.43. The molecule has 0 aromatic carbocycles. The lowest BCUT2D eigenvalue weighted by Gasteiger charge is -2.15. The van der Waals surface area contributed by atoms with Crippen LogP contribution in [0.3, 0.4) is 0 Å². The van der Waals surface area contributed by atoms with E-state index in [1.165, 1.54) is 38.5 Å². The summed E-state index contributed by atoms with van der Waals surface area (Å²) in [5.41, 5.74) is 0. The molecule has 0 heterocycles. The summed E-state index contributed by atoms with van der Waals surface area (Å²) < 4.78 is 0. The second-order valence-electron chi connectivity index (χ2n) is 4.11. The summed E-state index contributed by atoms with van der Waals surface area (Å²) in [4.78, 5) is 11.4. The normalized spacial score (nSPS) is 18.9. The summed E-state index contributed by atoms with van der Waals surface area (Å²) in [6.07, 6.45) is 8.17. The fourth-order valence-corrected chi connectivity index (χ4v) is 1.96. The zero-order valence-corrected chi connectivity index (χ0v) is 9.14. The molecule has 1 aliphatic rings. The van der Waals surface area contributed by atoms with E-state index >= 15 is 0 Å². The molecule has 0 atom stereocenters. The standard InChI is InChI=1S/C11H22N2O/c1-12-9-8-11(14)13-10-6-4-2-3-5-7-10/h10,12H,2-9H2,1H3,(H,13,14). The van der Waals surface area contributed by atoms with Crippen molar-refractivity contribution in [1.29, 1.82) is 0 Å². The molecule has 1 rings (SSSR count). The van der Waals surface area contributed by atoms with Gasteiger partial charge >= 0.3 is 0 Å². The van der Waals surface area contributed by atoms with E-state index in [-0.39, 0.29) is 5.91 Å². The maximum absolute atomic E-state index is 11.4. The lowest BCUT2D eigenvalue weighted by molar-refractivity contribution is -0.121. The van der Waals surface area contributed by atoms with Gasteiger partial charge in [0, 0.05) is 19.0 Å². The van der Waals surface area contributed by atoms with E-state index < -0.39 is 0 Å². The highest BCUT2D eigenvalue weighted by atomic mass is 16.1. The third-order valence-electron chi connectivity index (χ3n) is 2.82. The van der Waals surface area contributed by atoms with Gasteiger partial charge in [-0.05, 0) is 19.9 Å². The van der Waals surface area contributed by atoms with Crippen molar-refractivity contribution < 1.29 is 4.79 Å². The molecule has 1 saturated carbocycles. The minimum Gasteiger partial charge on any atom is -0.353 e. The van der Waals surface area contributed by atoms with E-state index in [2.05, 4.69) is 10.6 Å². The van der Waals surface area contributed by atoms with E-state index in [0.29, 0.717) is 12.5 Å². The Bertz CT molecular complexity index is 163. The Morgan fingerprint density at radius 1 is 1.21 bits per heavy atom. The van der Waals surface area contributed by atoms with Crippen LogP contribution in [0.15, 0.2) is 0 Å². The second-order valence-corrected chi connectivity index (χ2v) is 4.11. The van der Waals surface area contributed by atoms with Crippen LogP contribution in [-0.4, -0.2) is 25.5 Å². The van der Waals surface area contributed by atoms with Gasteiger partial charge < -0.3 is 10.6 Å². The third-order valence-corrected chi connectivity index (χ3v) is 2.82. The van der Waals surface area contributed by atoms with Crippen molar-refractivity contribution in [1.82, 2.24) is 10.6 Å². The highest BCUT2D eigenvalue weighted by Crippen LogP contribution is 2.17. The first kappa shape index (κ1) is 11.5. The van der Waals surface area contributed by atoms with Gasteiger partial charge in [-0.25, -0.2) is 0 Å². The minimum absolute atomic E-state index is 0.200. The number of hydrogen-bond donors (Lipinski definition) is 2. The van der Waals surface area contributed by atoms with Gasteiger partial charge in [0.1, 0.15) is 0 Å². The topological polar surface area (TPSA) is 41.1 Å². The predicted octanol–water partition coefficient (Wildman–Crippen LogP) is 1.43. The van der Waals surface area contributed by atoms with Gasteiger partial charge in [0.25, 0.3) is 0 Å². The molecule has 1 fully saturated rings. The zero-order valence-electron chi connectivity index (χ0n) is 9.14. The van der Waals surface area contributed by atoms with Crippen LogP contribution in [0.1, 0.15) is 44.9 Å². The molecule has 3 nitrogen and oxygen atoms in total. The van der Waals surface area contributed by atoms with Gasteiger partial charge in [0.15, 0.2) is 0 Å². The average molecular weight is 198 g/mol. The molecule has 2 N–H and O–H groups in total. The van der Waals surface area contributed by atoms with Crippen molar-refractivity contribution in [3.8, 4) is 0 Å². The molecule has 0 bridgehead atoms. The van der Waals surface area contributed by atoms with Crippen LogP contribution in [0.25, 0.3) is 0 Å². The zero-order chi connectivity index (χ0) is 10.2. The van der Waals surface area contributed by atoms with Crippen LogP contribution < -0.4 is 10.6 Å². The van der Waals surface area contributed by atoms with Crippen molar-refractivity contribution >= 4 is 5.91 Å². The van der Waals surface area contributed by atoms with Crippen LogP contribution in [0.2, 0.25) is 0 Å². The maximum atomic E-state index is 11.4. The molecule has 0 aromatic heterocycles. The van der Waals surface area contributed by atoms with Crippen molar-refractivity contribution in [2.45, 2.75) is 51.0 Å². The number of rotatable bonds is 4. The molecule has 14 heavy (non-hydrogen) atoms. The molecule has 3 heteroatoms. The van der Waals surface area contributed by atoms with E-state index in [0.717, 1.165) is 6.54 Å². The molecular weight excluding hydrogens is 176 g/mol. The Hall–Kier alpha value is -0.570. The first-order valence-electron chi connectivity index (χ1n) is 5.77. The fourth-order valence-electron chi connectivity index (χ4n) is 1.96. The van der Waals surface area contributed by atoms with Gasteiger partial charge in [0.2, 0.25) is 5.91 Å². The van der Waals surface area contributed by atoms with E-state index in [9.17, 15) is 4.79 Å². The smallest absolute Gasteiger partial charge is 0.221 e. The minimum atomic E-state index is 0.200. The molecule has 0 radical (unpaired) electrons. The number of hydrogen-bond acceptors (Lipinski definition) is 2. The number of carbonyl (C=O) groups excluding carboxylic acids is 1. The number of amides is 1. The van der Waals surface area contributed by atoms with Crippen molar-refractivity contribution in [3.63, 3.8) is 0 Å².